The van der Waals surface area contributed by atoms with Crippen LogP contribution in [-0.4, -0.2) is 46.8 Å². The zero-order chi connectivity index (χ0) is 28.7. The summed E-state index contributed by atoms with van der Waals surface area (Å²) in [6.45, 7) is 5.06. The van der Waals surface area contributed by atoms with Crippen molar-refractivity contribution in [3.8, 4) is 0 Å². The number of nitrogens with one attached hydrogen (secondary N) is 2. The zero-order valence-electron chi connectivity index (χ0n) is 23.1. The van der Waals surface area contributed by atoms with Crippen molar-refractivity contribution < 1.29 is 23.9 Å². The van der Waals surface area contributed by atoms with Gasteiger partial charge in [0.25, 0.3) is 0 Å². The molecule has 0 bridgehead atoms. The van der Waals surface area contributed by atoms with Crippen LogP contribution < -0.4 is 10.6 Å². The average Bonchev–Trinajstić information content (AvgIpc) is 3.38. The van der Waals surface area contributed by atoms with Gasteiger partial charge < -0.3 is 20.3 Å². The van der Waals surface area contributed by atoms with E-state index in [1.54, 1.807) is 45.0 Å². The highest BCUT2D eigenvalue weighted by Crippen LogP contribution is 2.37. The molecule has 1 fully saturated rings. The average molecular weight is 542 g/mol. The number of urea groups is 1. The standard InChI is InChI=1S/C32H35N3O5/c1-32(2,3)40-30(38)27-18-17-26(23-13-8-5-9-14-23)35(27)29(37)21-33-31(39)34-25-16-10-15-24(20-25)28(36)19-22-11-6-4-7-12-22/h4-16,20,26-27H,17-19,21H2,1-3H3,(H2,33,34,39). The fourth-order valence-corrected chi connectivity index (χ4v) is 4.84. The summed E-state index contributed by atoms with van der Waals surface area (Å²) in [6, 6.07) is 24.0. The molecule has 8 nitrogen and oxygen atoms in total. The van der Waals surface area contributed by atoms with E-state index < -0.39 is 23.6 Å². The van der Waals surface area contributed by atoms with E-state index in [1.165, 1.54) is 4.90 Å². The normalized spacial score (nSPS) is 16.7. The molecule has 2 N–H and O–H groups in total. The van der Waals surface area contributed by atoms with Crippen LogP contribution >= 0.6 is 0 Å². The van der Waals surface area contributed by atoms with Crippen molar-refractivity contribution in [3.05, 3.63) is 102 Å². The lowest BCUT2D eigenvalue weighted by Crippen LogP contribution is -2.48. The molecule has 2 unspecified atom stereocenters. The Kier molecular flexibility index (Phi) is 8.99. The second kappa shape index (κ2) is 12.6. The van der Waals surface area contributed by atoms with Gasteiger partial charge in [-0.05, 0) is 56.9 Å². The number of carbonyl (C=O) groups excluding carboxylic acids is 4. The van der Waals surface area contributed by atoms with Gasteiger partial charge in [-0.15, -0.1) is 0 Å². The number of esters is 1. The summed E-state index contributed by atoms with van der Waals surface area (Å²) in [5.41, 5.74) is 2.04. The molecular formula is C32H35N3O5. The summed E-state index contributed by atoms with van der Waals surface area (Å²) >= 11 is 0. The summed E-state index contributed by atoms with van der Waals surface area (Å²) in [4.78, 5) is 53.3. The van der Waals surface area contributed by atoms with Gasteiger partial charge in [-0.1, -0.05) is 72.8 Å². The summed E-state index contributed by atoms with van der Waals surface area (Å²) in [7, 11) is 0. The van der Waals surface area contributed by atoms with Crippen LogP contribution in [0.15, 0.2) is 84.9 Å². The lowest BCUT2D eigenvalue weighted by Gasteiger charge is -2.31. The summed E-state index contributed by atoms with van der Waals surface area (Å²) in [5.74, 6) is -0.913. The number of benzene rings is 3. The molecule has 0 saturated carbocycles. The monoisotopic (exact) mass is 541 g/mol. The van der Waals surface area contributed by atoms with Crippen LogP contribution in [-0.2, 0) is 20.7 Å². The molecule has 3 amide bonds. The highest BCUT2D eigenvalue weighted by Gasteiger charge is 2.43. The number of rotatable bonds is 8. The van der Waals surface area contributed by atoms with Gasteiger partial charge in [-0.2, -0.15) is 0 Å². The molecule has 1 aliphatic heterocycles. The van der Waals surface area contributed by atoms with Crippen LogP contribution in [0.25, 0.3) is 0 Å². The van der Waals surface area contributed by atoms with E-state index >= 15 is 0 Å². The summed E-state index contributed by atoms with van der Waals surface area (Å²) in [5, 5.41) is 5.29. The van der Waals surface area contributed by atoms with E-state index in [4.69, 9.17) is 4.74 Å². The van der Waals surface area contributed by atoms with Gasteiger partial charge in [0.05, 0.1) is 12.6 Å². The largest absolute Gasteiger partial charge is 0.458 e. The Hall–Kier alpha value is -4.46. The first kappa shape index (κ1) is 28.5. The Morgan fingerprint density at radius 1 is 0.875 bits per heavy atom. The van der Waals surface area contributed by atoms with Crippen molar-refractivity contribution in [2.45, 2.75) is 57.7 Å². The number of hydrogen-bond acceptors (Lipinski definition) is 5. The Labute approximate surface area is 234 Å². The Morgan fingerprint density at radius 2 is 1.55 bits per heavy atom. The lowest BCUT2D eigenvalue weighted by molar-refractivity contribution is -0.164. The van der Waals surface area contributed by atoms with E-state index in [0.29, 0.717) is 24.1 Å². The van der Waals surface area contributed by atoms with Crippen molar-refractivity contribution >= 4 is 29.4 Å². The number of amides is 3. The molecule has 208 valence electrons. The molecule has 1 heterocycles. The fraction of sp³-hybridized carbons (Fsp3) is 0.312. The molecule has 0 spiro atoms. The smallest absolute Gasteiger partial charge is 0.329 e. The maximum Gasteiger partial charge on any atom is 0.329 e. The molecule has 1 aliphatic rings. The van der Waals surface area contributed by atoms with Crippen LogP contribution in [0.3, 0.4) is 0 Å². The maximum absolute atomic E-state index is 13.4. The van der Waals surface area contributed by atoms with Crippen molar-refractivity contribution in [2.75, 3.05) is 11.9 Å². The summed E-state index contributed by atoms with van der Waals surface area (Å²) < 4.78 is 5.60. The predicted molar refractivity (Wildman–Crippen MR) is 153 cm³/mol. The van der Waals surface area contributed by atoms with E-state index in [2.05, 4.69) is 10.6 Å². The molecule has 0 aromatic heterocycles. The number of Topliss-reactive ketones (excluding diaryl/α,β-unsaturated/α-hetero) is 1. The molecule has 3 aromatic carbocycles. The molecule has 2 atom stereocenters. The fourth-order valence-electron chi connectivity index (χ4n) is 4.84. The number of anilines is 1. The Balaban J connectivity index is 1.40. The van der Waals surface area contributed by atoms with Gasteiger partial charge in [0.15, 0.2) is 5.78 Å². The quantitative estimate of drug-likeness (QED) is 0.297. The second-order valence-corrected chi connectivity index (χ2v) is 10.8. The first-order valence-corrected chi connectivity index (χ1v) is 13.4. The molecule has 0 aliphatic carbocycles. The van der Waals surface area contributed by atoms with Gasteiger partial charge in [-0.3, -0.25) is 9.59 Å². The van der Waals surface area contributed by atoms with Crippen LogP contribution in [0.4, 0.5) is 10.5 Å². The van der Waals surface area contributed by atoms with Crippen molar-refractivity contribution in [3.63, 3.8) is 0 Å². The number of nitrogens with zero attached hydrogens (tertiary/aromatic N) is 1. The van der Waals surface area contributed by atoms with Crippen molar-refractivity contribution in [2.24, 2.45) is 0 Å². The molecule has 0 radical (unpaired) electrons. The number of carbonyl (C=O) groups is 4. The topological polar surface area (TPSA) is 105 Å². The first-order chi connectivity index (χ1) is 19.1. The van der Waals surface area contributed by atoms with E-state index in [0.717, 1.165) is 11.1 Å². The van der Waals surface area contributed by atoms with Gasteiger partial charge in [-0.25, -0.2) is 9.59 Å². The van der Waals surface area contributed by atoms with Gasteiger partial charge >= 0.3 is 12.0 Å². The van der Waals surface area contributed by atoms with Crippen LogP contribution in [0.1, 0.15) is 61.1 Å². The first-order valence-electron chi connectivity index (χ1n) is 13.4. The Morgan fingerprint density at radius 3 is 2.23 bits per heavy atom. The van der Waals surface area contributed by atoms with Gasteiger partial charge in [0, 0.05) is 17.7 Å². The third-order valence-electron chi connectivity index (χ3n) is 6.59. The summed E-state index contributed by atoms with van der Waals surface area (Å²) in [6.07, 6.45) is 1.33. The molecule has 1 saturated heterocycles. The predicted octanol–water partition coefficient (Wildman–Crippen LogP) is 5.31. The highest BCUT2D eigenvalue weighted by atomic mass is 16.6. The molecule has 8 heteroatoms. The molecule has 4 rings (SSSR count). The van der Waals surface area contributed by atoms with Crippen molar-refractivity contribution in [1.82, 2.24) is 10.2 Å². The number of ether oxygens (including phenoxy) is 1. The number of hydrogen-bond donors (Lipinski definition) is 2. The van der Waals surface area contributed by atoms with E-state index in [1.807, 2.05) is 60.7 Å². The SMILES string of the molecule is CC(C)(C)OC(=O)C1CCC(c2ccccc2)N1C(=O)CNC(=O)Nc1cccc(C(=O)Cc2ccccc2)c1. The van der Waals surface area contributed by atoms with Crippen molar-refractivity contribution in [1.29, 1.82) is 0 Å². The minimum Gasteiger partial charge on any atom is -0.458 e. The third-order valence-corrected chi connectivity index (χ3v) is 6.59. The number of likely N-dealkylation sites (tertiary alicyclic amines) is 1. The third kappa shape index (κ3) is 7.56. The van der Waals surface area contributed by atoms with Gasteiger partial charge in [0.1, 0.15) is 11.6 Å². The second-order valence-electron chi connectivity index (χ2n) is 10.8. The molecular weight excluding hydrogens is 506 g/mol. The van der Waals surface area contributed by atoms with Gasteiger partial charge in [0.2, 0.25) is 5.91 Å². The molecule has 40 heavy (non-hydrogen) atoms. The zero-order valence-corrected chi connectivity index (χ0v) is 23.1. The molecule has 3 aromatic rings. The minimum atomic E-state index is -0.742. The van der Waals surface area contributed by atoms with Crippen LogP contribution in [0.5, 0.6) is 0 Å². The number of ketones is 1. The minimum absolute atomic E-state index is 0.0698. The van der Waals surface area contributed by atoms with Crippen LogP contribution in [0, 0.1) is 0 Å². The van der Waals surface area contributed by atoms with E-state index in [9.17, 15) is 19.2 Å². The Bertz CT molecular complexity index is 1350. The van der Waals surface area contributed by atoms with Crippen LogP contribution in [0.2, 0.25) is 0 Å². The maximum atomic E-state index is 13.4. The highest BCUT2D eigenvalue weighted by molar-refractivity contribution is 5.99. The van der Waals surface area contributed by atoms with E-state index in [-0.39, 0.29) is 30.7 Å². The lowest BCUT2D eigenvalue weighted by atomic mass is 10.0.